The quantitative estimate of drug-likeness (QED) is 0.644. The van der Waals surface area contributed by atoms with Crippen molar-refractivity contribution in [3.05, 3.63) is 29.7 Å². The fourth-order valence-corrected chi connectivity index (χ4v) is 2.60. The van der Waals surface area contributed by atoms with Crippen LogP contribution in [0.15, 0.2) is 24.8 Å². The summed E-state index contributed by atoms with van der Waals surface area (Å²) >= 11 is 1.69. The van der Waals surface area contributed by atoms with Gasteiger partial charge in [0, 0.05) is 29.1 Å². The van der Waals surface area contributed by atoms with Crippen LogP contribution in [0.5, 0.6) is 0 Å². The van der Waals surface area contributed by atoms with Crippen LogP contribution in [-0.4, -0.2) is 19.7 Å². The molecule has 3 heterocycles. The maximum Gasteiger partial charge on any atom is 0.127 e. The van der Waals surface area contributed by atoms with Crippen LogP contribution < -0.4 is 0 Å². The van der Waals surface area contributed by atoms with E-state index in [1.807, 2.05) is 19.4 Å². The molecule has 3 rings (SSSR count). The lowest BCUT2D eigenvalue weighted by atomic mass is 10.2. The first-order valence-electron chi connectivity index (χ1n) is 4.94. The zero-order chi connectivity index (χ0) is 11.1. The molecule has 4 nitrogen and oxygen atoms in total. The molecule has 0 spiro atoms. The number of fused-ring (bicyclic) bond motifs is 1. The summed E-state index contributed by atoms with van der Waals surface area (Å²) in [4.78, 5) is 10.9. The molecule has 0 saturated carbocycles. The van der Waals surface area contributed by atoms with Crippen LogP contribution in [-0.2, 0) is 7.05 Å². The van der Waals surface area contributed by atoms with Crippen molar-refractivity contribution < 1.29 is 0 Å². The third kappa shape index (κ3) is 1.40. The Morgan fingerprint density at radius 2 is 2.19 bits per heavy atom. The fraction of sp³-hybridized carbons (Fsp3) is 0.182. The van der Waals surface area contributed by atoms with E-state index in [1.165, 1.54) is 4.88 Å². The third-order valence-corrected chi connectivity index (χ3v) is 3.39. The van der Waals surface area contributed by atoms with E-state index in [9.17, 15) is 0 Å². The maximum atomic E-state index is 4.35. The molecule has 0 bridgehead atoms. The van der Waals surface area contributed by atoms with Gasteiger partial charge >= 0.3 is 0 Å². The molecule has 3 aromatic heterocycles. The summed E-state index contributed by atoms with van der Waals surface area (Å²) in [6.07, 6.45) is 5.41. The average Bonchev–Trinajstić information content (AvgIpc) is 2.82. The summed E-state index contributed by atoms with van der Waals surface area (Å²) in [7, 11) is 1.90. The van der Waals surface area contributed by atoms with E-state index in [0.29, 0.717) is 0 Å². The third-order valence-electron chi connectivity index (χ3n) is 2.43. The fourth-order valence-electron chi connectivity index (χ4n) is 1.75. The second-order valence-electron chi connectivity index (χ2n) is 3.70. The smallest absolute Gasteiger partial charge is 0.127 e. The number of rotatable bonds is 1. The summed E-state index contributed by atoms with van der Waals surface area (Å²) in [6, 6.07) is 2.13. The van der Waals surface area contributed by atoms with Gasteiger partial charge in [0.05, 0.1) is 11.9 Å². The average molecular weight is 230 g/mol. The number of hydrogen-bond acceptors (Lipinski definition) is 4. The molecule has 0 fully saturated rings. The summed E-state index contributed by atoms with van der Waals surface area (Å²) in [5, 5.41) is 5.28. The molecule has 0 aliphatic heterocycles. The monoisotopic (exact) mass is 230 g/mol. The van der Waals surface area contributed by atoms with E-state index in [0.717, 1.165) is 21.5 Å². The van der Waals surface area contributed by atoms with Crippen LogP contribution in [0, 0.1) is 6.92 Å². The van der Waals surface area contributed by atoms with Gasteiger partial charge in [-0.15, -0.1) is 11.3 Å². The molecule has 0 aliphatic carbocycles. The molecule has 0 aromatic carbocycles. The lowest BCUT2D eigenvalue weighted by molar-refractivity contribution is 0.768. The van der Waals surface area contributed by atoms with Gasteiger partial charge in [-0.2, -0.15) is 5.10 Å². The van der Waals surface area contributed by atoms with Crippen molar-refractivity contribution in [3.8, 4) is 11.3 Å². The van der Waals surface area contributed by atoms with E-state index < -0.39 is 0 Å². The number of hydrogen-bond donors (Lipinski definition) is 0. The van der Waals surface area contributed by atoms with Crippen LogP contribution in [0.4, 0.5) is 0 Å². The summed E-state index contributed by atoms with van der Waals surface area (Å²) in [6.45, 7) is 2.08. The van der Waals surface area contributed by atoms with Gasteiger partial charge in [0.25, 0.3) is 0 Å². The summed E-state index contributed by atoms with van der Waals surface area (Å²) < 4.78 is 1.78. The van der Waals surface area contributed by atoms with Crippen LogP contribution in [0.25, 0.3) is 21.5 Å². The molecular formula is C11H10N4S. The Labute approximate surface area is 96.6 Å². The Kier molecular flexibility index (Phi) is 2.00. The highest BCUT2D eigenvalue weighted by Gasteiger charge is 2.09. The van der Waals surface area contributed by atoms with Crippen LogP contribution >= 0.6 is 11.3 Å². The van der Waals surface area contributed by atoms with Crippen molar-refractivity contribution in [3.63, 3.8) is 0 Å². The van der Waals surface area contributed by atoms with Crippen molar-refractivity contribution >= 4 is 21.6 Å². The van der Waals surface area contributed by atoms with Gasteiger partial charge in [-0.05, 0) is 13.0 Å². The normalized spacial score (nSPS) is 11.1. The zero-order valence-electron chi connectivity index (χ0n) is 9.01. The SMILES string of the molecule is Cc1cc2c(-c3cnn(C)c3)ncnc2s1. The molecule has 16 heavy (non-hydrogen) atoms. The Morgan fingerprint density at radius 3 is 2.94 bits per heavy atom. The topological polar surface area (TPSA) is 43.6 Å². The molecule has 0 unspecified atom stereocenters. The minimum absolute atomic E-state index is 0.961. The molecule has 0 atom stereocenters. The molecular weight excluding hydrogens is 220 g/mol. The number of aromatic nitrogens is 4. The Hall–Kier alpha value is -1.75. The van der Waals surface area contributed by atoms with Gasteiger partial charge < -0.3 is 0 Å². The van der Waals surface area contributed by atoms with Gasteiger partial charge in [-0.25, -0.2) is 9.97 Å². The highest BCUT2D eigenvalue weighted by molar-refractivity contribution is 7.18. The minimum atomic E-state index is 0.961. The Balaban J connectivity index is 2.30. The first-order chi connectivity index (χ1) is 7.74. The maximum absolute atomic E-state index is 4.35. The molecule has 0 N–H and O–H groups in total. The van der Waals surface area contributed by atoms with Gasteiger partial charge in [0.1, 0.15) is 11.2 Å². The number of thiophene rings is 1. The van der Waals surface area contributed by atoms with E-state index in [1.54, 1.807) is 22.3 Å². The highest BCUT2D eigenvalue weighted by Crippen LogP contribution is 2.30. The Bertz CT molecular complexity index is 653. The summed E-state index contributed by atoms with van der Waals surface area (Å²) in [5.41, 5.74) is 2.00. The van der Waals surface area contributed by atoms with Crippen LogP contribution in [0.2, 0.25) is 0 Å². The number of nitrogens with zero attached hydrogens (tertiary/aromatic N) is 4. The molecule has 3 aromatic rings. The van der Waals surface area contributed by atoms with Crippen LogP contribution in [0.1, 0.15) is 4.88 Å². The lowest BCUT2D eigenvalue weighted by Crippen LogP contribution is -1.85. The van der Waals surface area contributed by atoms with Crippen molar-refractivity contribution in [1.82, 2.24) is 19.7 Å². The highest BCUT2D eigenvalue weighted by atomic mass is 32.1. The molecule has 0 aliphatic rings. The van der Waals surface area contributed by atoms with Crippen LogP contribution in [0.3, 0.4) is 0 Å². The lowest BCUT2D eigenvalue weighted by Gasteiger charge is -1.96. The molecule has 5 heteroatoms. The standard InChI is InChI=1S/C11H10N4S/c1-7-3-9-10(8-4-14-15(2)5-8)12-6-13-11(9)16-7/h3-6H,1-2H3. The first kappa shape index (κ1) is 9.47. The van der Waals surface area contributed by atoms with E-state index in [2.05, 4.69) is 28.1 Å². The second-order valence-corrected chi connectivity index (χ2v) is 4.94. The van der Waals surface area contributed by atoms with Gasteiger partial charge in [0.2, 0.25) is 0 Å². The first-order valence-corrected chi connectivity index (χ1v) is 5.76. The predicted octanol–water partition coefficient (Wildman–Crippen LogP) is 2.40. The zero-order valence-corrected chi connectivity index (χ0v) is 9.82. The van der Waals surface area contributed by atoms with Crippen molar-refractivity contribution in [2.45, 2.75) is 6.92 Å². The van der Waals surface area contributed by atoms with E-state index in [4.69, 9.17) is 0 Å². The molecule has 0 radical (unpaired) electrons. The van der Waals surface area contributed by atoms with Crippen molar-refractivity contribution in [1.29, 1.82) is 0 Å². The summed E-state index contributed by atoms with van der Waals surface area (Å²) in [5.74, 6) is 0. The largest absolute Gasteiger partial charge is 0.275 e. The molecule has 80 valence electrons. The Morgan fingerprint density at radius 1 is 1.31 bits per heavy atom. The molecule has 0 amide bonds. The predicted molar refractivity (Wildman–Crippen MR) is 64.4 cm³/mol. The number of aryl methyl sites for hydroxylation is 2. The van der Waals surface area contributed by atoms with Gasteiger partial charge in [0.15, 0.2) is 0 Å². The van der Waals surface area contributed by atoms with Gasteiger partial charge in [-0.1, -0.05) is 0 Å². The van der Waals surface area contributed by atoms with E-state index >= 15 is 0 Å². The van der Waals surface area contributed by atoms with Crippen molar-refractivity contribution in [2.24, 2.45) is 7.05 Å². The van der Waals surface area contributed by atoms with Crippen molar-refractivity contribution in [2.75, 3.05) is 0 Å². The second kappa shape index (κ2) is 3.38. The molecule has 0 saturated heterocycles. The van der Waals surface area contributed by atoms with Gasteiger partial charge in [-0.3, -0.25) is 4.68 Å². The van der Waals surface area contributed by atoms with E-state index in [-0.39, 0.29) is 0 Å². The minimum Gasteiger partial charge on any atom is -0.275 e.